The van der Waals surface area contributed by atoms with Crippen LogP contribution < -0.4 is 0 Å². The van der Waals surface area contributed by atoms with E-state index in [0.29, 0.717) is 10.5 Å². The Bertz CT molecular complexity index is 601. The fourth-order valence-electron chi connectivity index (χ4n) is 1.78. The zero-order valence-corrected chi connectivity index (χ0v) is 11.3. The van der Waals surface area contributed by atoms with Crippen molar-refractivity contribution in [2.45, 2.75) is 12.5 Å². The molecule has 0 heterocycles. The first-order valence-corrected chi connectivity index (χ1v) is 6.33. The van der Waals surface area contributed by atoms with E-state index in [0.717, 1.165) is 12.1 Å². The Hall–Kier alpha value is -1.33. The van der Waals surface area contributed by atoms with Gasteiger partial charge in [0, 0.05) is 22.5 Å². The van der Waals surface area contributed by atoms with Gasteiger partial charge in [-0.2, -0.15) is 0 Å². The molecule has 1 unspecified atom stereocenters. The van der Waals surface area contributed by atoms with Crippen LogP contribution in [0.25, 0.3) is 0 Å². The molecule has 0 radical (unpaired) electrons. The third-order valence-electron chi connectivity index (χ3n) is 2.75. The zero-order valence-electron chi connectivity index (χ0n) is 9.71. The summed E-state index contributed by atoms with van der Waals surface area (Å²) in [5.74, 6) is -2.05. The second kappa shape index (κ2) is 5.75. The third-order valence-corrected chi connectivity index (χ3v) is 3.24. The van der Waals surface area contributed by atoms with Crippen LogP contribution in [0.1, 0.15) is 17.2 Å². The summed E-state index contributed by atoms with van der Waals surface area (Å²) in [6, 6.07) is 7.31. The maximum atomic E-state index is 13.6. The Labute approximate surface area is 116 Å². The van der Waals surface area contributed by atoms with Gasteiger partial charge in [-0.1, -0.05) is 28.1 Å². The van der Waals surface area contributed by atoms with Gasteiger partial charge in [-0.15, -0.1) is 0 Å². The molecule has 19 heavy (non-hydrogen) atoms. The number of aliphatic hydroxyl groups is 1. The summed E-state index contributed by atoms with van der Waals surface area (Å²) in [5, 5.41) is 9.90. The minimum absolute atomic E-state index is 0.0521. The molecular weight excluding hydrogens is 321 g/mol. The van der Waals surface area contributed by atoms with Crippen molar-refractivity contribution in [1.82, 2.24) is 0 Å². The molecule has 0 saturated carbocycles. The Morgan fingerprint density at radius 1 is 1.00 bits per heavy atom. The molecule has 0 aliphatic carbocycles. The first-order chi connectivity index (χ1) is 8.97. The SMILES string of the molecule is OC(Cc1ccc(Br)cc1F)c1ccc(F)cc1F. The molecule has 2 rings (SSSR count). The third kappa shape index (κ3) is 3.36. The topological polar surface area (TPSA) is 20.2 Å². The van der Waals surface area contributed by atoms with Crippen LogP contribution in [0.2, 0.25) is 0 Å². The number of benzene rings is 2. The number of rotatable bonds is 3. The van der Waals surface area contributed by atoms with E-state index in [2.05, 4.69) is 15.9 Å². The maximum Gasteiger partial charge on any atom is 0.131 e. The van der Waals surface area contributed by atoms with Crippen LogP contribution in [0.3, 0.4) is 0 Å². The van der Waals surface area contributed by atoms with Gasteiger partial charge in [-0.25, -0.2) is 13.2 Å². The Balaban J connectivity index is 2.23. The molecule has 0 spiro atoms. The van der Waals surface area contributed by atoms with Crippen LogP contribution in [-0.4, -0.2) is 5.11 Å². The highest BCUT2D eigenvalue weighted by molar-refractivity contribution is 9.10. The van der Waals surface area contributed by atoms with Crippen molar-refractivity contribution in [3.05, 3.63) is 69.4 Å². The highest BCUT2D eigenvalue weighted by atomic mass is 79.9. The molecule has 0 saturated heterocycles. The second-order valence-corrected chi connectivity index (χ2v) is 5.04. The zero-order chi connectivity index (χ0) is 14.0. The van der Waals surface area contributed by atoms with Crippen molar-refractivity contribution in [3.63, 3.8) is 0 Å². The molecule has 100 valence electrons. The van der Waals surface area contributed by atoms with E-state index in [1.807, 2.05) is 0 Å². The highest BCUT2D eigenvalue weighted by Gasteiger charge is 2.16. The number of halogens is 4. The van der Waals surface area contributed by atoms with E-state index in [1.54, 1.807) is 6.07 Å². The Morgan fingerprint density at radius 3 is 2.37 bits per heavy atom. The highest BCUT2D eigenvalue weighted by Crippen LogP contribution is 2.24. The van der Waals surface area contributed by atoms with Gasteiger partial charge in [0.1, 0.15) is 17.5 Å². The molecule has 0 fully saturated rings. The van der Waals surface area contributed by atoms with Gasteiger partial charge in [-0.05, 0) is 23.8 Å². The Kier molecular flexibility index (Phi) is 4.27. The minimum Gasteiger partial charge on any atom is -0.388 e. The predicted molar refractivity (Wildman–Crippen MR) is 69.1 cm³/mol. The lowest BCUT2D eigenvalue weighted by molar-refractivity contribution is 0.172. The number of hydrogen-bond acceptors (Lipinski definition) is 1. The summed E-state index contributed by atoms with van der Waals surface area (Å²) in [6.07, 6.45) is -1.31. The fourth-order valence-corrected chi connectivity index (χ4v) is 2.11. The average Bonchev–Trinajstić information content (AvgIpc) is 2.32. The van der Waals surface area contributed by atoms with Gasteiger partial charge in [0.25, 0.3) is 0 Å². The molecule has 1 nitrogen and oxygen atoms in total. The number of aliphatic hydroxyl groups excluding tert-OH is 1. The van der Waals surface area contributed by atoms with E-state index >= 15 is 0 Å². The second-order valence-electron chi connectivity index (χ2n) is 4.12. The average molecular weight is 331 g/mol. The molecular formula is C14H10BrF3O. The largest absolute Gasteiger partial charge is 0.388 e. The summed E-state index contributed by atoms with van der Waals surface area (Å²) in [7, 11) is 0. The van der Waals surface area contributed by atoms with Gasteiger partial charge < -0.3 is 5.11 Å². The van der Waals surface area contributed by atoms with Crippen LogP contribution in [0.15, 0.2) is 40.9 Å². The van der Waals surface area contributed by atoms with E-state index in [9.17, 15) is 18.3 Å². The lowest BCUT2D eigenvalue weighted by Gasteiger charge is -2.13. The van der Waals surface area contributed by atoms with Crippen molar-refractivity contribution in [2.24, 2.45) is 0 Å². The monoisotopic (exact) mass is 330 g/mol. The molecule has 1 atom stereocenters. The van der Waals surface area contributed by atoms with Gasteiger partial charge in [0.15, 0.2) is 0 Å². The lowest BCUT2D eigenvalue weighted by atomic mass is 10.0. The molecule has 5 heteroatoms. The quantitative estimate of drug-likeness (QED) is 0.896. The predicted octanol–water partition coefficient (Wildman–Crippen LogP) is 4.14. The first kappa shape index (κ1) is 14.1. The van der Waals surface area contributed by atoms with E-state index < -0.39 is 23.6 Å². The summed E-state index contributed by atoms with van der Waals surface area (Å²) in [6.45, 7) is 0. The minimum atomic E-state index is -1.23. The molecule has 0 bridgehead atoms. The molecule has 1 N–H and O–H groups in total. The number of hydrogen-bond donors (Lipinski definition) is 1. The summed E-state index contributed by atoms with van der Waals surface area (Å²) >= 11 is 3.12. The fraction of sp³-hybridized carbons (Fsp3) is 0.143. The van der Waals surface area contributed by atoms with Crippen molar-refractivity contribution in [2.75, 3.05) is 0 Å². The smallest absolute Gasteiger partial charge is 0.131 e. The van der Waals surface area contributed by atoms with Crippen molar-refractivity contribution in [1.29, 1.82) is 0 Å². The normalized spacial score (nSPS) is 12.5. The van der Waals surface area contributed by atoms with Crippen LogP contribution >= 0.6 is 15.9 Å². The van der Waals surface area contributed by atoms with Crippen LogP contribution in [0.4, 0.5) is 13.2 Å². The first-order valence-electron chi connectivity index (χ1n) is 5.54. The standard InChI is InChI=1S/C14H10BrF3O/c15-9-2-1-8(12(17)6-9)5-14(19)11-4-3-10(16)7-13(11)18/h1-4,6-7,14,19H,5H2. The van der Waals surface area contributed by atoms with E-state index in [-0.39, 0.29) is 17.5 Å². The Morgan fingerprint density at radius 2 is 1.74 bits per heavy atom. The van der Waals surface area contributed by atoms with Crippen molar-refractivity contribution < 1.29 is 18.3 Å². The van der Waals surface area contributed by atoms with Gasteiger partial charge in [0.2, 0.25) is 0 Å². The van der Waals surface area contributed by atoms with E-state index in [1.165, 1.54) is 12.1 Å². The van der Waals surface area contributed by atoms with E-state index in [4.69, 9.17) is 0 Å². The maximum absolute atomic E-state index is 13.6. The molecule has 0 aromatic heterocycles. The molecule has 0 amide bonds. The van der Waals surface area contributed by atoms with Gasteiger partial charge in [-0.3, -0.25) is 0 Å². The van der Waals surface area contributed by atoms with Crippen molar-refractivity contribution >= 4 is 15.9 Å². The van der Waals surface area contributed by atoms with Crippen LogP contribution in [0.5, 0.6) is 0 Å². The molecule has 0 aliphatic heterocycles. The van der Waals surface area contributed by atoms with Crippen molar-refractivity contribution in [3.8, 4) is 0 Å². The summed E-state index contributed by atoms with van der Waals surface area (Å²) < 4.78 is 40.4. The van der Waals surface area contributed by atoms with Gasteiger partial charge >= 0.3 is 0 Å². The molecule has 2 aromatic carbocycles. The van der Waals surface area contributed by atoms with Gasteiger partial charge in [0.05, 0.1) is 6.10 Å². The summed E-state index contributed by atoms with van der Waals surface area (Å²) in [4.78, 5) is 0. The lowest BCUT2D eigenvalue weighted by Crippen LogP contribution is -2.06. The summed E-state index contributed by atoms with van der Waals surface area (Å²) in [5.41, 5.74) is 0.211. The van der Waals surface area contributed by atoms with Crippen LogP contribution in [-0.2, 0) is 6.42 Å². The van der Waals surface area contributed by atoms with Crippen LogP contribution in [0, 0.1) is 17.5 Å². The molecule has 2 aromatic rings. The molecule has 0 aliphatic rings.